The number of hydrogen-bond acceptors (Lipinski definition) is 2. The van der Waals surface area contributed by atoms with Gasteiger partial charge in [0.15, 0.2) is 23.2 Å². The molecular weight excluding hydrogens is 209 g/mol. The van der Waals surface area contributed by atoms with E-state index < -0.39 is 34.4 Å². The molecule has 15 heavy (non-hydrogen) atoms. The zero-order valence-electron chi connectivity index (χ0n) is 8.57. The lowest BCUT2D eigenvalue weighted by Gasteiger charge is -2.21. The average molecular weight is 220 g/mol. The van der Waals surface area contributed by atoms with E-state index >= 15 is 0 Å². The number of hydrogen-bond donors (Lipinski definition) is 1. The predicted octanol–water partition coefficient (Wildman–Crippen LogP) is 2.34. The molecule has 0 atom stereocenters. The lowest BCUT2D eigenvalue weighted by Crippen LogP contribution is -2.20. The zero-order chi connectivity index (χ0) is 11.8. The summed E-state index contributed by atoms with van der Waals surface area (Å²) in [5, 5.41) is 9.58. The highest BCUT2D eigenvalue weighted by molar-refractivity contribution is 5.40. The minimum absolute atomic E-state index is 0.378. The Bertz CT molecular complexity index is 383. The highest BCUT2D eigenvalue weighted by atomic mass is 19.2. The fraction of sp³-hybridized carbons (Fsp3) is 0.400. The Morgan fingerprint density at radius 3 is 2.13 bits per heavy atom. The van der Waals surface area contributed by atoms with Gasteiger partial charge in [0.25, 0.3) is 0 Å². The molecule has 2 nitrogen and oxygen atoms in total. The Balaban J connectivity index is 3.59. The van der Waals surface area contributed by atoms with Gasteiger partial charge in [-0.1, -0.05) is 0 Å². The zero-order valence-corrected chi connectivity index (χ0v) is 8.57. The molecule has 1 rings (SSSR count). The summed E-state index contributed by atoms with van der Waals surface area (Å²) in [6.07, 6.45) is 0. The number of rotatable bonds is 2. The van der Waals surface area contributed by atoms with Gasteiger partial charge in [0, 0.05) is 6.07 Å². The maximum atomic E-state index is 13.3. The van der Waals surface area contributed by atoms with E-state index in [2.05, 4.69) is 4.74 Å². The molecule has 0 amide bonds. The topological polar surface area (TPSA) is 29.5 Å². The first-order chi connectivity index (χ1) is 6.79. The van der Waals surface area contributed by atoms with Crippen LogP contribution in [-0.2, 0) is 5.60 Å². The van der Waals surface area contributed by atoms with Gasteiger partial charge in [-0.05, 0) is 13.8 Å². The third-order valence-corrected chi connectivity index (χ3v) is 1.94. The summed E-state index contributed by atoms with van der Waals surface area (Å²) in [5.41, 5.74) is -2.25. The second-order valence-corrected chi connectivity index (χ2v) is 3.62. The van der Waals surface area contributed by atoms with Crippen molar-refractivity contribution in [2.24, 2.45) is 0 Å². The van der Waals surface area contributed by atoms with Crippen molar-refractivity contribution >= 4 is 0 Å². The van der Waals surface area contributed by atoms with Crippen LogP contribution in [0.5, 0.6) is 5.75 Å². The van der Waals surface area contributed by atoms with Crippen LogP contribution in [0.25, 0.3) is 0 Å². The van der Waals surface area contributed by atoms with E-state index in [9.17, 15) is 18.3 Å². The molecule has 84 valence electrons. The smallest absolute Gasteiger partial charge is 0.168 e. The van der Waals surface area contributed by atoms with Crippen LogP contribution in [0.2, 0.25) is 0 Å². The summed E-state index contributed by atoms with van der Waals surface area (Å²) in [6.45, 7) is 2.43. The normalized spacial score (nSPS) is 11.7. The van der Waals surface area contributed by atoms with E-state index in [1.807, 2.05) is 0 Å². The van der Waals surface area contributed by atoms with E-state index in [0.29, 0.717) is 6.07 Å². The van der Waals surface area contributed by atoms with Crippen LogP contribution >= 0.6 is 0 Å². The lowest BCUT2D eigenvalue weighted by atomic mass is 9.96. The maximum Gasteiger partial charge on any atom is 0.168 e. The lowest BCUT2D eigenvalue weighted by molar-refractivity contribution is 0.0696. The molecule has 0 bridgehead atoms. The van der Waals surface area contributed by atoms with Crippen LogP contribution < -0.4 is 4.74 Å². The van der Waals surface area contributed by atoms with Gasteiger partial charge in [-0.15, -0.1) is 0 Å². The Kier molecular flexibility index (Phi) is 2.95. The van der Waals surface area contributed by atoms with Crippen LogP contribution in [0.4, 0.5) is 13.2 Å². The molecule has 0 saturated heterocycles. The van der Waals surface area contributed by atoms with Crippen LogP contribution in [0, 0.1) is 17.5 Å². The highest BCUT2D eigenvalue weighted by Crippen LogP contribution is 2.35. The molecule has 1 aromatic rings. The summed E-state index contributed by atoms with van der Waals surface area (Å²) in [6, 6.07) is 0.378. The molecule has 0 saturated carbocycles. The van der Waals surface area contributed by atoms with Gasteiger partial charge in [-0.2, -0.15) is 0 Å². The summed E-state index contributed by atoms with van der Waals surface area (Å²) in [7, 11) is 1.12. The quantitative estimate of drug-likeness (QED) is 0.775. The fourth-order valence-electron chi connectivity index (χ4n) is 1.32. The summed E-state index contributed by atoms with van der Waals surface area (Å²) >= 11 is 0. The van der Waals surface area contributed by atoms with Crippen molar-refractivity contribution in [2.75, 3.05) is 7.11 Å². The molecule has 0 spiro atoms. The van der Waals surface area contributed by atoms with Crippen molar-refractivity contribution < 1.29 is 23.0 Å². The molecule has 0 radical (unpaired) electrons. The van der Waals surface area contributed by atoms with E-state index in [1.165, 1.54) is 13.8 Å². The van der Waals surface area contributed by atoms with Crippen LogP contribution in [0.15, 0.2) is 6.07 Å². The van der Waals surface area contributed by atoms with Gasteiger partial charge < -0.3 is 9.84 Å². The molecule has 0 heterocycles. The first-order valence-electron chi connectivity index (χ1n) is 4.23. The first-order valence-corrected chi connectivity index (χ1v) is 4.23. The summed E-state index contributed by atoms with van der Waals surface area (Å²) in [5.74, 6) is -4.19. The third kappa shape index (κ3) is 2.07. The van der Waals surface area contributed by atoms with Gasteiger partial charge in [0.2, 0.25) is 0 Å². The molecule has 0 aliphatic carbocycles. The summed E-state index contributed by atoms with van der Waals surface area (Å²) < 4.78 is 44.0. The minimum atomic E-state index is -1.72. The second-order valence-electron chi connectivity index (χ2n) is 3.62. The van der Waals surface area contributed by atoms with Gasteiger partial charge in [0.1, 0.15) is 0 Å². The van der Waals surface area contributed by atoms with Crippen molar-refractivity contribution in [2.45, 2.75) is 19.4 Å². The van der Waals surface area contributed by atoms with E-state index in [4.69, 9.17) is 0 Å². The number of methoxy groups -OCH3 is 1. The molecule has 0 aromatic heterocycles. The van der Waals surface area contributed by atoms with Crippen LogP contribution in [0.3, 0.4) is 0 Å². The van der Waals surface area contributed by atoms with Gasteiger partial charge in [0.05, 0.1) is 18.3 Å². The van der Waals surface area contributed by atoms with E-state index in [-0.39, 0.29) is 0 Å². The minimum Gasteiger partial charge on any atom is -0.493 e. The molecule has 0 aliphatic heterocycles. The number of halogens is 3. The van der Waals surface area contributed by atoms with Crippen molar-refractivity contribution in [1.82, 2.24) is 0 Å². The number of benzene rings is 1. The largest absolute Gasteiger partial charge is 0.493 e. The number of aliphatic hydroxyl groups is 1. The number of ether oxygens (including phenoxy) is 1. The van der Waals surface area contributed by atoms with Gasteiger partial charge in [-0.25, -0.2) is 13.2 Å². The standard InChI is InChI=1S/C10H11F3O2/c1-10(2,14)7-8(13)5(11)4-6(12)9(7)15-3/h4,14H,1-3H3. The third-order valence-electron chi connectivity index (χ3n) is 1.94. The Morgan fingerprint density at radius 1 is 1.20 bits per heavy atom. The van der Waals surface area contributed by atoms with Gasteiger partial charge in [-0.3, -0.25) is 0 Å². The Morgan fingerprint density at radius 2 is 1.73 bits per heavy atom. The Hall–Kier alpha value is -1.23. The predicted molar refractivity (Wildman–Crippen MR) is 48.1 cm³/mol. The molecule has 0 fully saturated rings. The monoisotopic (exact) mass is 220 g/mol. The first kappa shape index (κ1) is 11.8. The SMILES string of the molecule is COc1c(F)cc(F)c(F)c1C(C)(C)O. The van der Waals surface area contributed by atoms with Crippen molar-refractivity contribution in [3.63, 3.8) is 0 Å². The average Bonchev–Trinajstić information content (AvgIpc) is 2.08. The molecular formula is C10H11F3O2. The van der Waals surface area contributed by atoms with Crippen molar-refractivity contribution in [3.05, 3.63) is 29.1 Å². The molecule has 5 heteroatoms. The van der Waals surface area contributed by atoms with Crippen LogP contribution in [-0.4, -0.2) is 12.2 Å². The maximum absolute atomic E-state index is 13.3. The van der Waals surface area contributed by atoms with Gasteiger partial charge >= 0.3 is 0 Å². The molecule has 1 N–H and O–H groups in total. The highest BCUT2D eigenvalue weighted by Gasteiger charge is 2.30. The summed E-state index contributed by atoms with van der Waals surface area (Å²) in [4.78, 5) is 0. The molecule has 1 aromatic carbocycles. The molecule has 0 unspecified atom stereocenters. The van der Waals surface area contributed by atoms with Crippen molar-refractivity contribution in [3.8, 4) is 5.75 Å². The molecule has 0 aliphatic rings. The van der Waals surface area contributed by atoms with E-state index in [1.54, 1.807) is 0 Å². The van der Waals surface area contributed by atoms with E-state index in [0.717, 1.165) is 7.11 Å². The van der Waals surface area contributed by atoms with Crippen molar-refractivity contribution in [1.29, 1.82) is 0 Å². The fourth-order valence-corrected chi connectivity index (χ4v) is 1.32. The van der Waals surface area contributed by atoms with Crippen LogP contribution in [0.1, 0.15) is 19.4 Å². The Labute approximate surface area is 85.3 Å². The second kappa shape index (κ2) is 3.73.